The fourth-order valence-electron chi connectivity index (χ4n) is 1.11. The Morgan fingerprint density at radius 1 is 0.737 bits per heavy atom. The molecule has 0 atom stereocenters. The standard InChI is InChI=1S/C8H10.C5H6.3C2H6/c1-2-8-6-4-3-5-7-8;1-2-4-5-3-1;3*1-2/h3-7H,2H2,1H3;1-4H,5H2;3*1-2H3. The highest BCUT2D eigenvalue weighted by molar-refractivity contribution is 5.13. The van der Waals surface area contributed by atoms with Gasteiger partial charge in [-0.2, -0.15) is 0 Å². The van der Waals surface area contributed by atoms with Crippen LogP contribution in [0.5, 0.6) is 0 Å². The van der Waals surface area contributed by atoms with Gasteiger partial charge in [-0.3, -0.25) is 0 Å². The maximum atomic E-state index is 2.16. The van der Waals surface area contributed by atoms with E-state index in [4.69, 9.17) is 0 Å². The summed E-state index contributed by atoms with van der Waals surface area (Å²) in [4.78, 5) is 0. The molecule has 0 saturated heterocycles. The first-order chi connectivity index (χ1) is 9.43. The Labute approximate surface area is 122 Å². The van der Waals surface area contributed by atoms with Crippen LogP contribution in [0.25, 0.3) is 0 Å². The Morgan fingerprint density at radius 3 is 1.37 bits per heavy atom. The van der Waals surface area contributed by atoms with Gasteiger partial charge in [0.15, 0.2) is 0 Å². The van der Waals surface area contributed by atoms with E-state index in [2.05, 4.69) is 55.5 Å². The van der Waals surface area contributed by atoms with Crippen LogP contribution < -0.4 is 0 Å². The second kappa shape index (κ2) is 25.5. The van der Waals surface area contributed by atoms with Crippen LogP contribution in [0.2, 0.25) is 0 Å². The van der Waals surface area contributed by atoms with Gasteiger partial charge < -0.3 is 0 Å². The average Bonchev–Trinajstić information content (AvgIpc) is 3.14. The molecule has 0 heteroatoms. The van der Waals surface area contributed by atoms with E-state index in [1.165, 1.54) is 5.56 Å². The van der Waals surface area contributed by atoms with Crippen molar-refractivity contribution in [3.05, 3.63) is 60.2 Å². The Kier molecular flexibility index (Phi) is 30.7. The van der Waals surface area contributed by atoms with Crippen LogP contribution in [0.3, 0.4) is 0 Å². The van der Waals surface area contributed by atoms with Gasteiger partial charge in [-0.25, -0.2) is 0 Å². The van der Waals surface area contributed by atoms with Crippen molar-refractivity contribution in [2.75, 3.05) is 0 Å². The van der Waals surface area contributed by atoms with Gasteiger partial charge in [-0.05, 0) is 18.4 Å². The summed E-state index contributed by atoms with van der Waals surface area (Å²) in [5.74, 6) is 0. The van der Waals surface area contributed by atoms with Gasteiger partial charge in [0.2, 0.25) is 0 Å². The zero-order chi connectivity index (χ0) is 15.4. The van der Waals surface area contributed by atoms with Gasteiger partial charge in [-0.1, -0.05) is 103 Å². The number of hydrogen-bond donors (Lipinski definition) is 0. The predicted octanol–water partition coefficient (Wildman–Crippen LogP) is 6.83. The molecule has 0 aliphatic heterocycles. The number of allylic oxidation sites excluding steroid dienone is 4. The topological polar surface area (TPSA) is 0 Å². The molecular weight excluding hydrogens is 228 g/mol. The largest absolute Gasteiger partial charge is 0.0808 e. The van der Waals surface area contributed by atoms with E-state index >= 15 is 0 Å². The highest BCUT2D eigenvalue weighted by atomic mass is 13.9. The van der Waals surface area contributed by atoms with Gasteiger partial charge in [0.05, 0.1) is 0 Å². The highest BCUT2D eigenvalue weighted by Gasteiger charge is 1.79. The molecule has 1 aromatic carbocycles. The van der Waals surface area contributed by atoms with Gasteiger partial charge in [0, 0.05) is 0 Å². The Morgan fingerprint density at radius 2 is 1.16 bits per heavy atom. The van der Waals surface area contributed by atoms with Crippen LogP contribution in [0.1, 0.15) is 60.5 Å². The summed E-state index contributed by atoms with van der Waals surface area (Å²) in [5.41, 5.74) is 1.41. The predicted molar refractivity (Wildman–Crippen MR) is 92.8 cm³/mol. The lowest BCUT2D eigenvalue weighted by atomic mass is 10.2. The quantitative estimate of drug-likeness (QED) is 0.520. The third-order valence-corrected chi connectivity index (χ3v) is 1.91. The zero-order valence-electron chi connectivity index (χ0n) is 14.1. The second-order valence-corrected chi connectivity index (χ2v) is 2.93. The van der Waals surface area contributed by atoms with Crippen molar-refractivity contribution >= 4 is 0 Å². The molecule has 2 rings (SSSR count). The van der Waals surface area contributed by atoms with Gasteiger partial charge in [0.25, 0.3) is 0 Å². The molecule has 0 aromatic heterocycles. The summed E-state index contributed by atoms with van der Waals surface area (Å²) in [7, 11) is 0. The van der Waals surface area contributed by atoms with Crippen LogP contribution in [0.4, 0.5) is 0 Å². The molecule has 0 nitrogen and oxygen atoms in total. The summed E-state index contributed by atoms with van der Waals surface area (Å²) in [6, 6.07) is 10.5. The first-order valence-corrected chi connectivity index (χ1v) is 7.79. The highest BCUT2D eigenvalue weighted by Crippen LogP contribution is 1.96. The first-order valence-electron chi connectivity index (χ1n) is 7.79. The molecule has 1 aliphatic carbocycles. The van der Waals surface area contributed by atoms with E-state index in [9.17, 15) is 0 Å². The van der Waals surface area contributed by atoms with Crippen LogP contribution in [-0.2, 0) is 6.42 Å². The molecule has 0 saturated carbocycles. The summed E-state index contributed by atoms with van der Waals surface area (Å²) in [6.07, 6.45) is 10.6. The van der Waals surface area contributed by atoms with Crippen molar-refractivity contribution in [2.24, 2.45) is 0 Å². The molecule has 0 radical (unpaired) electrons. The first kappa shape index (κ1) is 22.8. The third-order valence-electron chi connectivity index (χ3n) is 1.91. The third kappa shape index (κ3) is 19.2. The smallest absolute Gasteiger partial charge is 0.0163 e. The Balaban J connectivity index is -0.000000202. The van der Waals surface area contributed by atoms with E-state index in [0.717, 1.165) is 12.8 Å². The van der Waals surface area contributed by atoms with Crippen molar-refractivity contribution in [1.82, 2.24) is 0 Å². The molecule has 110 valence electrons. The lowest BCUT2D eigenvalue weighted by Gasteiger charge is -1.89. The number of aryl methyl sites for hydroxylation is 1. The molecule has 0 heterocycles. The van der Waals surface area contributed by atoms with E-state index in [0.29, 0.717) is 0 Å². The molecule has 19 heavy (non-hydrogen) atoms. The van der Waals surface area contributed by atoms with Crippen LogP contribution in [-0.4, -0.2) is 0 Å². The molecule has 1 aromatic rings. The SMILES string of the molecule is C1=CCC=C1.CC.CC.CC.CCc1ccccc1. The molecule has 0 fully saturated rings. The lowest BCUT2D eigenvalue weighted by molar-refractivity contribution is 1.14. The van der Waals surface area contributed by atoms with Crippen LogP contribution >= 0.6 is 0 Å². The molecular formula is C19H34. The van der Waals surface area contributed by atoms with Crippen molar-refractivity contribution in [3.63, 3.8) is 0 Å². The van der Waals surface area contributed by atoms with Gasteiger partial charge in [-0.15, -0.1) is 0 Å². The van der Waals surface area contributed by atoms with Crippen LogP contribution in [0.15, 0.2) is 54.6 Å². The molecule has 1 aliphatic rings. The zero-order valence-corrected chi connectivity index (χ0v) is 14.1. The lowest BCUT2D eigenvalue weighted by Crippen LogP contribution is -1.73. The van der Waals surface area contributed by atoms with E-state index < -0.39 is 0 Å². The van der Waals surface area contributed by atoms with E-state index in [1.807, 2.05) is 47.6 Å². The van der Waals surface area contributed by atoms with Gasteiger partial charge >= 0.3 is 0 Å². The average molecular weight is 262 g/mol. The maximum Gasteiger partial charge on any atom is -0.0163 e. The number of hydrogen-bond acceptors (Lipinski definition) is 0. The minimum Gasteiger partial charge on any atom is -0.0808 e. The van der Waals surface area contributed by atoms with E-state index in [-0.39, 0.29) is 0 Å². The van der Waals surface area contributed by atoms with Crippen LogP contribution in [0, 0.1) is 0 Å². The van der Waals surface area contributed by atoms with E-state index in [1.54, 1.807) is 0 Å². The fourth-order valence-corrected chi connectivity index (χ4v) is 1.11. The Bertz CT molecular complexity index is 257. The van der Waals surface area contributed by atoms with Gasteiger partial charge in [0.1, 0.15) is 0 Å². The minimum atomic E-state index is 1.14. The summed E-state index contributed by atoms with van der Waals surface area (Å²) >= 11 is 0. The minimum absolute atomic E-state index is 1.14. The summed E-state index contributed by atoms with van der Waals surface area (Å²) < 4.78 is 0. The molecule has 0 unspecified atom stereocenters. The molecule has 0 N–H and O–H groups in total. The summed E-state index contributed by atoms with van der Waals surface area (Å²) in [5, 5.41) is 0. The van der Waals surface area contributed by atoms with Crippen molar-refractivity contribution in [3.8, 4) is 0 Å². The maximum absolute atomic E-state index is 2.16. The summed E-state index contributed by atoms with van der Waals surface area (Å²) in [6.45, 7) is 14.2. The molecule has 0 spiro atoms. The normalized spacial score (nSPS) is 9.42. The number of rotatable bonds is 1. The Hall–Kier alpha value is -1.30. The molecule has 0 amide bonds. The molecule has 0 bridgehead atoms. The fraction of sp³-hybridized carbons (Fsp3) is 0.474. The number of benzene rings is 1. The monoisotopic (exact) mass is 262 g/mol. The van der Waals surface area contributed by atoms with Crippen molar-refractivity contribution in [2.45, 2.75) is 61.3 Å². The second-order valence-electron chi connectivity index (χ2n) is 2.93. The van der Waals surface area contributed by atoms with Crippen molar-refractivity contribution < 1.29 is 0 Å². The van der Waals surface area contributed by atoms with Crippen molar-refractivity contribution in [1.29, 1.82) is 0 Å².